The Balaban J connectivity index is 1.43. The molecule has 8 heteroatoms. The maximum absolute atomic E-state index is 12.6. The Labute approximate surface area is 160 Å². The Morgan fingerprint density at radius 1 is 1.22 bits per heavy atom. The van der Waals surface area contributed by atoms with Gasteiger partial charge in [0.05, 0.1) is 11.3 Å². The van der Waals surface area contributed by atoms with E-state index in [1.807, 2.05) is 35.2 Å². The van der Waals surface area contributed by atoms with Crippen LogP contribution in [0.3, 0.4) is 0 Å². The van der Waals surface area contributed by atoms with E-state index in [2.05, 4.69) is 10.3 Å². The van der Waals surface area contributed by atoms with Gasteiger partial charge in [-0.2, -0.15) is 13.2 Å². The van der Waals surface area contributed by atoms with Crippen molar-refractivity contribution in [1.29, 1.82) is 0 Å². The number of carbonyl (C=O) groups excluding carboxylic acids is 1. The van der Waals surface area contributed by atoms with E-state index >= 15 is 0 Å². The number of nitrogens with zero attached hydrogens (tertiary/aromatic N) is 2. The summed E-state index contributed by atoms with van der Waals surface area (Å²) in [4.78, 5) is 17.9. The van der Waals surface area contributed by atoms with Crippen LogP contribution < -0.4 is 10.2 Å². The van der Waals surface area contributed by atoms with Crippen molar-refractivity contribution in [1.82, 2.24) is 10.3 Å². The highest BCUT2D eigenvalue weighted by Crippen LogP contribution is 2.29. The van der Waals surface area contributed by atoms with Gasteiger partial charge in [0.15, 0.2) is 0 Å². The minimum Gasteiger partial charge on any atom is -0.354 e. The first-order valence-corrected chi connectivity index (χ1v) is 9.76. The fourth-order valence-electron chi connectivity index (χ4n) is 2.93. The van der Waals surface area contributed by atoms with Crippen LogP contribution in [0.4, 0.5) is 19.0 Å². The molecular formula is C19H20F3N3OS. The van der Waals surface area contributed by atoms with Crippen LogP contribution in [0.15, 0.2) is 48.7 Å². The Morgan fingerprint density at radius 2 is 2.00 bits per heavy atom. The second-order valence-corrected chi connectivity index (χ2v) is 7.37. The lowest BCUT2D eigenvalue weighted by Crippen LogP contribution is -2.38. The van der Waals surface area contributed by atoms with Crippen molar-refractivity contribution in [3.05, 3.63) is 59.8 Å². The first-order chi connectivity index (χ1) is 12.9. The van der Waals surface area contributed by atoms with Crippen molar-refractivity contribution < 1.29 is 18.0 Å². The number of aromatic nitrogens is 1. The van der Waals surface area contributed by atoms with Crippen LogP contribution in [-0.4, -0.2) is 35.8 Å². The third-order valence-corrected chi connectivity index (χ3v) is 5.30. The fourth-order valence-corrected chi connectivity index (χ4v) is 3.73. The van der Waals surface area contributed by atoms with Gasteiger partial charge >= 0.3 is 6.18 Å². The zero-order valence-electron chi connectivity index (χ0n) is 14.6. The number of benzene rings is 1. The standard InChI is InChI=1S/C19H20F3N3OS/c20-19(21,22)15-6-7-17(23-10-15)25-9-8-16(11-25)24-18(26)13-27-12-14-4-2-1-3-5-14/h1-7,10,16H,8-9,11-13H2,(H,24,26)/t16-/m1/s1. The van der Waals surface area contributed by atoms with E-state index in [0.29, 0.717) is 24.7 Å². The fraction of sp³-hybridized carbons (Fsp3) is 0.368. The second-order valence-electron chi connectivity index (χ2n) is 6.38. The molecule has 0 saturated carbocycles. The third-order valence-electron chi connectivity index (χ3n) is 4.30. The molecule has 27 heavy (non-hydrogen) atoms. The van der Waals surface area contributed by atoms with Crippen molar-refractivity contribution in [2.45, 2.75) is 24.4 Å². The summed E-state index contributed by atoms with van der Waals surface area (Å²) < 4.78 is 37.8. The Bertz CT molecular complexity index is 753. The van der Waals surface area contributed by atoms with Gasteiger partial charge in [0.1, 0.15) is 5.82 Å². The van der Waals surface area contributed by atoms with Gasteiger partial charge in [-0.1, -0.05) is 30.3 Å². The van der Waals surface area contributed by atoms with Gasteiger partial charge in [-0.3, -0.25) is 4.79 Å². The molecule has 144 valence electrons. The first kappa shape index (κ1) is 19.5. The first-order valence-electron chi connectivity index (χ1n) is 8.61. The molecule has 0 aliphatic carbocycles. The van der Waals surface area contributed by atoms with Crippen LogP contribution in [0.25, 0.3) is 0 Å². The van der Waals surface area contributed by atoms with Crippen LogP contribution >= 0.6 is 11.8 Å². The number of amides is 1. The quantitative estimate of drug-likeness (QED) is 0.810. The average Bonchev–Trinajstić information content (AvgIpc) is 3.10. The summed E-state index contributed by atoms with van der Waals surface area (Å²) in [6.07, 6.45) is -2.79. The molecule has 2 heterocycles. The molecule has 1 fully saturated rings. The van der Waals surface area contributed by atoms with Crippen LogP contribution in [-0.2, 0) is 16.7 Å². The number of halogens is 3. The summed E-state index contributed by atoms with van der Waals surface area (Å²) in [7, 11) is 0. The van der Waals surface area contributed by atoms with E-state index in [1.54, 1.807) is 11.8 Å². The van der Waals surface area contributed by atoms with Crippen LogP contribution in [0.2, 0.25) is 0 Å². The number of nitrogens with one attached hydrogen (secondary N) is 1. The molecule has 3 rings (SSSR count). The third kappa shape index (κ3) is 5.63. The van der Waals surface area contributed by atoms with Gasteiger partial charge in [0.25, 0.3) is 0 Å². The molecule has 0 spiro atoms. The number of anilines is 1. The Morgan fingerprint density at radius 3 is 2.67 bits per heavy atom. The Kier molecular flexibility index (Phi) is 6.26. The highest BCUT2D eigenvalue weighted by Gasteiger charge is 2.31. The van der Waals surface area contributed by atoms with Crippen LogP contribution in [0.1, 0.15) is 17.5 Å². The molecule has 4 nitrogen and oxygen atoms in total. The zero-order valence-corrected chi connectivity index (χ0v) is 15.4. The lowest BCUT2D eigenvalue weighted by Gasteiger charge is -2.18. The number of alkyl halides is 3. The molecule has 0 bridgehead atoms. The lowest BCUT2D eigenvalue weighted by atomic mass is 10.2. The van der Waals surface area contributed by atoms with Gasteiger partial charge < -0.3 is 10.2 Å². The highest BCUT2D eigenvalue weighted by molar-refractivity contribution is 7.99. The molecule has 1 atom stereocenters. The number of rotatable bonds is 6. The smallest absolute Gasteiger partial charge is 0.354 e. The van der Waals surface area contributed by atoms with E-state index in [0.717, 1.165) is 24.4 Å². The van der Waals surface area contributed by atoms with Crippen molar-refractivity contribution in [2.24, 2.45) is 0 Å². The van der Waals surface area contributed by atoms with Gasteiger partial charge in [0, 0.05) is 31.1 Å². The van der Waals surface area contributed by atoms with E-state index < -0.39 is 11.7 Å². The second kappa shape index (κ2) is 8.65. The van der Waals surface area contributed by atoms with E-state index in [4.69, 9.17) is 0 Å². The van der Waals surface area contributed by atoms with E-state index in [9.17, 15) is 18.0 Å². The number of hydrogen-bond acceptors (Lipinski definition) is 4. The van der Waals surface area contributed by atoms with E-state index in [-0.39, 0.29) is 11.9 Å². The summed E-state index contributed by atoms with van der Waals surface area (Å²) in [5.74, 6) is 1.63. The highest BCUT2D eigenvalue weighted by atomic mass is 32.2. The molecule has 0 radical (unpaired) electrons. The SMILES string of the molecule is O=C(CSCc1ccccc1)N[C@@H]1CCN(c2ccc(C(F)(F)F)cn2)C1. The van der Waals surface area contributed by atoms with Gasteiger partial charge in [-0.05, 0) is 24.1 Å². The van der Waals surface area contributed by atoms with Gasteiger partial charge in [0.2, 0.25) is 5.91 Å². The Hall–Kier alpha value is -2.22. The maximum atomic E-state index is 12.6. The number of pyridine rings is 1. The predicted molar refractivity (Wildman–Crippen MR) is 101 cm³/mol. The molecule has 1 N–H and O–H groups in total. The molecule has 1 saturated heterocycles. The summed E-state index contributed by atoms with van der Waals surface area (Å²) in [6.45, 7) is 1.20. The van der Waals surface area contributed by atoms with Gasteiger partial charge in [-0.15, -0.1) is 11.8 Å². The largest absolute Gasteiger partial charge is 0.417 e. The van der Waals surface area contributed by atoms with E-state index in [1.165, 1.54) is 11.6 Å². The van der Waals surface area contributed by atoms with Crippen molar-refractivity contribution >= 4 is 23.5 Å². The molecule has 1 aromatic carbocycles. The van der Waals surface area contributed by atoms with Crippen LogP contribution in [0.5, 0.6) is 0 Å². The maximum Gasteiger partial charge on any atom is 0.417 e. The van der Waals surface area contributed by atoms with Crippen molar-refractivity contribution in [3.63, 3.8) is 0 Å². The molecule has 1 aliphatic rings. The molecule has 0 unspecified atom stereocenters. The summed E-state index contributed by atoms with van der Waals surface area (Å²) in [5.41, 5.74) is 0.418. The number of carbonyl (C=O) groups is 1. The molecule has 1 aromatic heterocycles. The monoisotopic (exact) mass is 395 g/mol. The normalized spacial score (nSPS) is 17.1. The molecule has 1 aliphatic heterocycles. The summed E-state index contributed by atoms with van der Waals surface area (Å²) >= 11 is 1.55. The van der Waals surface area contributed by atoms with Gasteiger partial charge in [-0.25, -0.2) is 4.98 Å². The minimum absolute atomic E-state index is 0.0149. The zero-order chi connectivity index (χ0) is 19.3. The number of thioether (sulfide) groups is 1. The van der Waals surface area contributed by atoms with Crippen LogP contribution in [0, 0.1) is 0 Å². The molecular weight excluding hydrogens is 375 g/mol. The predicted octanol–water partition coefficient (Wildman–Crippen LogP) is 3.73. The average molecular weight is 395 g/mol. The molecule has 2 aromatic rings. The van der Waals surface area contributed by atoms with Crippen molar-refractivity contribution in [3.8, 4) is 0 Å². The van der Waals surface area contributed by atoms with Crippen molar-refractivity contribution in [2.75, 3.05) is 23.7 Å². The minimum atomic E-state index is -4.38. The summed E-state index contributed by atoms with van der Waals surface area (Å²) in [6, 6.07) is 12.3. The molecule has 1 amide bonds. The topological polar surface area (TPSA) is 45.2 Å². The lowest BCUT2D eigenvalue weighted by molar-refractivity contribution is -0.137. The number of hydrogen-bond donors (Lipinski definition) is 1. The summed E-state index contributed by atoms with van der Waals surface area (Å²) in [5, 5.41) is 2.99.